The molecule has 0 radical (unpaired) electrons. The van der Waals surface area contributed by atoms with Crippen LogP contribution in [0.3, 0.4) is 0 Å². The van der Waals surface area contributed by atoms with Crippen LogP contribution in [0.15, 0.2) is 0 Å². The zero-order chi connectivity index (χ0) is 12.1. The van der Waals surface area contributed by atoms with E-state index in [1.165, 1.54) is 7.11 Å². The smallest absolute Gasteiger partial charge is 0.320 e. The van der Waals surface area contributed by atoms with Crippen molar-refractivity contribution in [2.24, 2.45) is 11.8 Å². The zero-order valence-electron chi connectivity index (χ0n) is 10.1. The van der Waals surface area contributed by atoms with E-state index >= 15 is 0 Å². The van der Waals surface area contributed by atoms with E-state index in [2.05, 4.69) is 0 Å². The molecule has 0 aromatic rings. The Hall–Kier alpha value is -1.10. The number of carbonyl (C=O) groups is 2. The number of nitrogens with zero attached hydrogens (tertiary/aromatic N) is 1. The Morgan fingerprint density at radius 1 is 1.38 bits per heavy atom. The first-order valence-corrected chi connectivity index (χ1v) is 5.54. The van der Waals surface area contributed by atoms with Crippen LogP contribution in [0, 0.1) is 11.8 Å². The van der Waals surface area contributed by atoms with Crippen molar-refractivity contribution in [3.63, 3.8) is 0 Å². The van der Waals surface area contributed by atoms with Crippen molar-refractivity contribution < 1.29 is 19.1 Å². The molecule has 1 aliphatic rings. The van der Waals surface area contributed by atoms with E-state index in [-0.39, 0.29) is 30.3 Å². The summed E-state index contributed by atoms with van der Waals surface area (Å²) in [4.78, 5) is 24.6. The molecule has 0 aliphatic carbocycles. The Labute approximate surface area is 95.7 Å². The molecule has 5 heteroatoms. The highest BCUT2D eigenvalue weighted by Gasteiger charge is 2.36. The summed E-state index contributed by atoms with van der Waals surface area (Å²) in [5.74, 6) is -0.333. The summed E-state index contributed by atoms with van der Waals surface area (Å²) < 4.78 is 9.59. The SMILES string of the molecule is CCOC(=O)CN1CC(C)C(C(=O)OC)C1. The van der Waals surface area contributed by atoms with E-state index in [4.69, 9.17) is 9.47 Å². The normalized spacial score (nSPS) is 25.4. The number of rotatable bonds is 4. The maximum atomic E-state index is 11.4. The summed E-state index contributed by atoms with van der Waals surface area (Å²) in [5, 5.41) is 0. The Morgan fingerprint density at radius 2 is 2.06 bits per heavy atom. The molecule has 92 valence electrons. The van der Waals surface area contributed by atoms with Gasteiger partial charge in [0.25, 0.3) is 0 Å². The van der Waals surface area contributed by atoms with E-state index in [9.17, 15) is 9.59 Å². The molecule has 0 aromatic heterocycles. The van der Waals surface area contributed by atoms with Crippen LogP contribution in [0.4, 0.5) is 0 Å². The minimum atomic E-state index is -0.236. The fraction of sp³-hybridized carbons (Fsp3) is 0.818. The molecule has 0 spiro atoms. The molecular formula is C11H19NO4. The number of likely N-dealkylation sites (tertiary alicyclic amines) is 1. The van der Waals surface area contributed by atoms with E-state index in [0.29, 0.717) is 13.2 Å². The lowest BCUT2D eigenvalue weighted by Crippen LogP contribution is -2.30. The molecule has 1 rings (SSSR count). The summed E-state index contributed by atoms with van der Waals surface area (Å²) in [7, 11) is 1.39. The molecule has 0 amide bonds. The minimum absolute atomic E-state index is 0.126. The van der Waals surface area contributed by atoms with Gasteiger partial charge in [0, 0.05) is 13.1 Å². The maximum Gasteiger partial charge on any atom is 0.320 e. The van der Waals surface area contributed by atoms with Crippen LogP contribution in [-0.2, 0) is 19.1 Å². The third kappa shape index (κ3) is 3.20. The Bertz CT molecular complexity index is 267. The van der Waals surface area contributed by atoms with Gasteiger partial charge in [-0.25, -0.2) is 0 Å². The van der Waals surface area contributed by atoms with Gasteiger partial charge in [0.1, 0.15) is 0 Å². The predicted octanol–water partition coefficient (Wildman–Crippen LogP) is 0.290. The van der Waals surface area contributed by atoms with Crippen molar-refractivity contribution in [1.82, 2.24) is 4.90 Å². The molecule has 2 atom stereocenters. The highest BCUT2D eigenvalue weighted by molar-refractivity contribution is 5.74. The maximum absolute atomic E-state index is 11.4. The van der Waals surface area contributed by atoms with Crippen molar-refractivity contribution in [2.75, 3.05) is 33.4 Å². The third-order valence-corrected chi connectivity index (χ3v) is 2.85. The lowest BCUT2D eigenvalue weighted by molar-refractivity contribution is -0.147. The average molecular weight is 229 g/mol. The van der Waals surface area contributed by atoms with Gasteiger partial charge in [-0.15, -0.1) is 0 Å². The van der Waals surface area contributed by atoms with Gasteiger partial charge in [-0.2, -0.15) is 0 Å². The molecule has 0 saturated carbocycles. The van der Waals surface area contributed by atoms with Gasteiger partial charge in [-0.3, -0.25) is 14.5 Å². The summed E-state index contributed by atoms with van der Waals surface area (Å²) in [6.07, 6.45) is 0. The highest BCUT2D eigenvalue weighted by atomic mass is 16.5. The van der Waals surface area contributed by atoms with Gasteiger partial charge in [-0.05, 0) is 12.8 Å². The molecular weight excluding hydrogens is 210 g/mol. The fourth-order valence-corrected chi connectivity index (χ4v) is 2.04. The summed E-state index contributed by atoms with van der Waals surface area (Å²) in [6, 6.07) is 0. The van der Waals surface area contributed by atoms with Gasteiger partial charge >= 0.3 is 11.9 Å². The zero-order valence-corrected chi connectivity index (χ0v) is 10.1. The molecule has 16 heavy (non-hydrogen) atoms. The van der Waals surface area contributed by atoms with Gasteiger partial charge in [0.15, 0.2) is 0 Å². The van der Waals surface area contributed by atoms with Crippen LogP contribution in [0.5, 0.6) is 0 Å². The molecule has 1 saturated heterocycles. The Morgan fingerprint density at radius 3 is 2.62 bits per heavy atom. The molecule has 1 aliphatic heterocycles. The van der Waals surface area contributed by atoms with Crippen molar-refractivity contribution in [3.05, 3.63) is 0 Å². The summed E-state index contributed by atoms with van der Waals surface area (Å²) >= 11 is 0. The molecule has 1 heterocycles. The van der Waals surface area contributed by atoms with E-state index in [0.717, 1.165) is 6.54 Å². The Balaban J connectivity index is 2.43. The minimum Gasteiger partial charge on any atom is -0.469 e. The van der Waals surface area contributed by atoms with Gasteiger partial charge < -0.3 is 9.47 Å². The second kappa shape index (κ2) is 5.84. The average Bonchev–Trinajstić information content (AvgIpc) is 2.58. The van der Waals surface area contributed by atoms with Gasteiger partial charge in [0.05, 0.1) is 26.2 Å². The molecule has 0 bridgehead atoms. The quantitative estimate of drug-likeness (QED) is 0.649. The number of hydrogen-bond donors (Lipinski definition) is 0. The predicted molar refractivity (Wildman–Crippen MR) is 57.7 cm³/mol. The number of ether oxygens (including phenoxy) is 2. The first kappa shape index (κ1) is 13.0. The molecule has 2 unspecified atom stereocenters. The summed E-state index contributed by atoms with van der Waals surface area (Å²) in [6.45, 7) is 5.73. The number of hydrogen-bond acceptors (Lipinski definition) is 5. The van der Waals surface area contributed by atoms with Gasteiger partial charge in [-0.1, -0.05) is 6.92 Å². The first-order valence-electron chi connectivity index (χ1n) is 5.54. The second-order valence-corrected chi connectivity index (χ2v) is 4.11. The third-order valence-electron chi connectivity index (χ3n) is 2.85. The van der Waals surface area contributed by atoms with Crippen molar-refractivity contribution in [3.8, 4) is 0 Å². The number of methoxy groups -OCH3 is 1. The topological polar surface area (TPSA) is 55.8 Å². The van der Waals surface area contributed by atoms with Crippen molar-refractivity contribution >= 4 is 11.9 Å². The monoisotopic (exact) mass is 229 g/mol. The van der Waals surface area contributed by atoms with Crippen LogP contribution in [0.1, 0.15) is 13.8 Å². The molecule has 0 N–H and O–H groups in total. The van der Waals surface area contributed by atoms with Crippen molar-refractivity contribution in [2.45, 2.75) is 13.8 Å². The van der Waals surface area contributed by atoms with Crippen LogP contribution in [0.25, 0.3) is 0 Å². The van der Waals surface area contributed by atoms with E-state index in [1.54, 1.807) is 6.92 Å². The first-order chi connectivity index (χ1) is 7.58. The van der Waals surface area contributed by atoms with Crippen LogP contribution < -0.4 is 0 Å². The van der Waals surface area contributed by atoms with Gasteiger partial charge in [0.2, 0.25) is 0 Å². The fourth-order valence-electron chi connectivity index (χ4n) is 2.04. The molecule has 0 aromatic carbocycles. The summed E-state index contributed by atoms with van der Waals surface area (Å²) in [5.41, 5.74) is 0. The largest absolute Gasteiger partial charge is 0.469 e. The van der Waals surface area contributed by atoms with Crippen LogP contribution in [0.2, 0.25) is 0 Å². The van der Waals surface area contributed by atoms with Crippen LogP contribution in [-0.4, -0.2) is 50.2 Å². The molecule has 1 fully saturated rings. The Kier molecular flexibility index (Phi) is 4.73. The molecule has 5 nitrogen and oxygen atoms in total. The highest BCUT2D eigenvalue weighted by Crippen LogP contribution is 2.23. The standard InChI is InChI=1S/C11H19NO4/c1-4-16-10(13)7-12-5-8(2)9(6-12)11(14)15-3/h8-9H,4-7H2,1-3H3. The van der Waals surface area contributed by atoms with Crippen LogP contribution >= 0.6 is 0 Å². The number of esters is 2. The van der Waals surface area contributed by atoms with Crippen molar-refractivity contribution in [1.29, 1.82) is 0 Å². The lowest BCUT2D eigenvalue weighted by atomic mass is 9.99. The van der Waals surface area contributed by atoms with E-state index in [1.807, 2.05) is 11.8 Å². The second-order valence-electron chi connectivity index (χ2n) is 4.11. The number of carbonyl (C=O) groups excluding carboxylic acids is 2. The lowest BCUT2D eigenvalue weighted by Gasteiger charge is -2.13. The van der Waals surface area contributed by atoms with E-state index < -0.39 is 0 Å².